The van der Waals surface area contributed by atoms with E-state index >= 15 is 0 Å². The van der Waals surface area contributed by atoms with Crippen LogP contribution in [0.4, 0.5) is 4.79 Å². The van der Waals surface area contributed by atoms with E-state index in [1.54, 1.807) is 12.4 Å². The number of hydrogen-bond acceptors (Lipinski definition) is 3. The fourth-order valence-electron chi connectivity index (χ4n) is 4.89. The van der Waals surface area contributed by atoms with Gasteiger partial charge in [0, 0.05) is 51.2 Å². The Morgan fingerprint density at radius 1 is 1.12 bits per heavy atom. The normalized spacial score (nSPS) is 29.8. The van der Waals surface area contributed by atoms with Crippen LogP contribution in [0.1, 0.15) is 31.2 Å². The molecule has 1 aromatic rings. The summed E-state index contributed by atoms with van der Waals surface area (Å²) in [5, 5.41) is 3.06. The minimum Gasteiger partial charge on any atom is -0.338 e. The Morgan fingerprint density at radius 3 is 2.58 bits per heavy atom. The first-order valence-corrected chi connectivity index (χ1v) is 9.45. The molecule has 1 aromatic heterocycles. The number of pyridine rings is 1. The van der Waals surface area contributed by atoms with Crippen LogP contribution in [-0.4, -0.2) is 59.6 Å². The number of aromatic nitrogens is 1. The summed E-state index contributed by atoms with van der Waals surface area (Å²) in [5.74, 6) is 1.94. The molecule has 2 amide bonds. The number of fused-ring (bicyclic) bond motifs is 2. The molecule has 3 fully saturated rings. The molecule has 1 N–H and O–H groups in total. The first-order chi connectivity index (χ1) is 11.8. The lowest BCUT2D eigenvalue weighted by atomic mass is 9.93. The highest BCUT2D eigenvalue weighted by Gasteiger charge is 2.42. The lowest BCUT2D eigenvalue weighted by molar-refractivity contribution is 0.0828. The van der Waals surface area contributed by atoms with Crippen molar-refractivity contribution in [2.75, 3.05) is 32.7 Å². The number of carbonyl (C=O) groups excluding carboxylic acids is 1. The maximum atomic E-state index is 12.3. The number of nitrogens with zero attached hydrogens (tertiary/aromatic N) is 3. The van der Waals surface area contributed by atoms with Crippen molar-refractivity contribution in [2.45, 2.75) is 38.1 Å². The second-order valence-electron chi connectivity index (χ2n) is 7.60. The minimum absolute atomic E-state index is 0.0941. The molecule has 5 heteroatoms. The first-order valence-electron chi connectivity index (χ1n) is 9.45. The Kier molecular flexibility index (Phi) is 4.69. The fourth-order valence-corrected chi connectivity index (χ4v) is 4.89. The van der Waals surface area contributed by atoms with Gasteiger partial charge in [0.1, 0.15) is 0 Å². The van der Waals surface area contributed by atoms with Gasteiger partial charge in [-0.15, -0.1) is 0 Å². The highest BCUT2D eigenvalue weighted by molar-refractivity contribution is 5.74. The Bertz CT molecular complexity index is 556. The van der Waals surface area contributed by atoms with Gasteiger partial charge >= 0.3 is 6.03 Å². The lowest BCUT2D eigenvalue weighted by Gasteiger charge is -2.41. The molecule has 2 aliphatic carbocycles. The number of amides is 2. The molecule has 4 rings (SSSR count). The predicted octanol–water partition coefficient (Wildman–Crippen LogP) is 2.14. The zero-order chi connectivity index (χ0) is 16.4. The second-order valence-corrected chi connectivity index (χ2v) is 7.60. The van der Waals surface area contributed by atoms with Gasteiger partial charge in [-0.2, -0.15) is 0 Å². The van der Waals surface area contributed by atoms with Gasteiger partial charge in [0.25, 0.3) is 0 Å². The van der Waals surface area contributed by atoms with Crippen molar-refractivity contribution < 1.29 is 4.79 Å². The van der Waals surface area contributed by atoms with Crippen LogP contribution in [0.3, 0.4) is 0 Å². The maximum absolute atomic E-state index is 12.3. The van der Waals surface area contributed by atoms with E-state index in [1.807, 2.05) is 17.0 Å². The third-order valence-electron chi connectivity index (χ3n) is 6.21. The van der Waals surface area contributed by atoms with E-state index in [1.165, 1.54) is 31.2 Å². The molecular weight excluding hydrogens is 300 g/mol. The molecule has 3 aliphatic rings. The average Bonchev–Trinajstić information content (AvgIpc) is 3.26. The predicted molar refractivity (Wildman–Crippen MR) is 93.7 cm³/mol. The monoisotopic (exact) mass is 328 g/mol. The zero-order valence-electron chi connectivity index (χ0n) is 14.4. The molecule has 0 radical (unpaired) electrons. The summed E-state index contributed by atoms with van der Waals surface area (Å²) in [5.41, 5.74) is 1.21. The summed E-state index contributed by atoms with van der Waals surface area (Å²) >= 11 is 0. The molecule has 3 atom stereocenters. The fraction of sp³-hybridized carbons (Fsp3) is 0.684. The van der Waals surface area contributed by atoms with E-state index in [2.05, 4.69) is 15.2 Å². The van der Waals surface area contributed by atoms with Crippen molar-refractivity contribution >= 4 is 6.03 Å². The third-order valence-corrected chi connectivity index (χ3v) is 6.21. The van der Waals surface area contributed by atoms with Gasteiger partial charge in [-0.3, -0.25) is 9.88 Å². The van der Waals surface area contributed by atoms with Crippen LogP contribution in [-0.2, 0) is 6.42 Å². The van der Waals surface area contributed by atoms with Gasteiger partial charge < -0.3 is 10.2 Å². The van der Waals surface area contributed by atoms with Crippen LogP contribution in [0.15, 0.2) is 24.5 Å². The number of urea groups is 1. The third kappa shape index (κ3) is 3.41. The van der Waals surface area contributed by atoms with Gasteiger partial charge in [0.05, 0.1) is 0 Å². The summed E-state index contributed by atoms with van der Waals surface area (Å²) in [7, 11) is 0. The summed E-state index contributed by atoms with van der Waals surface area (Å²) < 4.78 is 0. The molecule has 0 aromatic carbocycles. The van der Waals surface area contributed by atoms with E-state index in [0.29, 0.717) is 6.54 Å². The van der Waals surface area contributed by atoms with Crippen LogP contribution in [0, 0.1) is 11.8 Å². The Labute approximate surface area is 144 Å². The highest BCUT2D eigenvalue weighted by Crippen LogP contribution is 2.46. The molecule has 130 valence electrons. The van der Waals surface area contributed by atoms with E-state index in [9.17, 15) is 4.79 Å². The summed E-state index contributed by atoms with van der Waals surface area (Å²) in [4.78, 5) is 21.0. The molecule has 5 nitrogen and oxygen atoms in total. The smallest absolute Gasteiger partial charge is 0.317 e. The largest absolute Gasteiger partial charge is 0.338 e. The highest BCUT2D eigenvalue weighted by atomic mass is 16.2. The molecule has 1 saturated heterocycles. The Balaban J connectivity index is 1.19. The zero-order valence-corrected chi connectivity index (χ0v) is 14.4. The van der Waals surface area contributed by atoms with E-state index < -0.39 is 0 Å². The average molecular weight is 328 g/mol. The molecule has 2 heterocycles. The van der Waals surface area contributed by atoms with Crippen LogP contribution >= 0.6 is 0 Å². The molecular formula is C19H28N4O. The molecule has 1 aliphatic heterocycles. The number of nitrogens with one attached hydrogen (secondary N) is 1. The standard InChI is InChI=1S/C19H28N4O/c24-19(21-8-5-15-3-6-20-7-4-15)23-11-9-22(10-12-23)18-14-16-1-2-17(18)13-16/h3-4,6-7,16-18H,1-2,5,8-14H2,(H,21,24)/t16-,17-,18+/m0/s1. The molecule has 2 saturated carbocycles. The van der Waals surface area contributed by atoms with E-state index in [-0.39, 0.29) is 6.03 Å². The topological polar surface area (TPSA) is 48.5 Å². The van der Waals surface area contributed by atoms with E-state index in [0.717, 1.165) is 50.5 Å². The van der Waals surface area contributed by atoms with Crippen molar-refractivity contribution in [3.05, 3.63) is 30.1 Å². The lowest BCUT2D eigenvalue weighted by Crippen LogP contribution is -2.55. The van der Waals surface area contributed by atoms with Crippen LogP contribution < -0.4 is 5.32 Å². The quantitative estimate of drug-likeness (QED) is 0.921. The Morgan fingerprint density at radius 2 is 1.92 bits per heavy atom. The molecule has 0 spiro atoms. The van der Waals surface area contributed by atoms with Gasteiger partial charge in [-0.25, -0.2) is 4.79 Å². The molecule has 0 unspecified atom stereocenters. The van der Waals surface area contributed by atoms with Crippen molar-refractivity contribution in [3.63, 3.8) is 0 Å². The van der Waals surface area contributed by atoms with Crippen LogP contribution in [0.5, 0.6) is 0 Å². The van der Waals surface area contributed by atoms with Crippen molar-refractivity contribution in [1.29, 1.82) is 0 Å². The molecule has 24 heavy (non-hydrogen) atoms. The second kappa shape index (κ2) is 7.09. The van der Waals surface area contributed by atoms with E-state index in [4.69, 9.17) is 0 Å². The summed E-state index contributed by atoms with van der Waals surface area (Å²) in [6.07, 6.45) is 10.2. The summed E-state index contributed by atoms with van der Waals surface area (Å²) in [6, 6.07) is 4.90. The van der Waals surface area contributed by atoms with Gasteiger partial charge in [0.2, 0.25) is 0 Å². The number of piperazine rings is 1. The Hall–Kier alpha value is -1.62. The SMILES string of the molecule is O=C(NCCc1ccncc1)N1CCN([C@@H]2C[C@H]3CC[C@H]2C3)CC1. The van der Waals surface area contributed by atoms with Gasteiger partial charge in [-0.1, -0.05) is 6.42 Å². The maximum Gasteiger partial charge on any atom is 0.317 e. The number of carbonyl (C=O) groups is 1. The van der Waals surface area contributed by atoms with Gasteiger partial charge in [-0.05, 0) is 55.2 Å². The minimum atomic E-state index is 0.0941. The number of rotatable bonds is 4. The molecule has 2 bridgehead atoms. The van der Waals surface area contributed by atoms with Crippen molar-refractivity contribution in [2.24, 2.45) is 11.8 Å². The van der Waals surface area contributed by atoms with Crippen LogP contribution in [0.25, 0.3) is 0 Å². The number of hydrogen-bond donors (Lipinski definition) is 1. The first kappa shape index (κ1) is 15.9. The van der Waals surface area contributed by atoms with Crippen molar-refractivity contribution in [1.82, 2.24) is 20.1 Å². The van der Waals surface area contributed by atoms with Crippen LogP contribution in [0.2, 0.25) is 0 Å². The summed E-state index contributed by atoms with van der Waals surface area (Å²) in [6.45, 7) is 4.52. The van der Waals surface area contributed by atoms with Gasteiger partial charge in [0.15, 0.2) is 0 Å². The van der Waals surface area contributed by atoms with Crippen molar-refractivity contribution in [3.8, 4) is 0 Å².